The highest BCUT2D eigenvalue weighted by atomic mass is 19.1. The Kier molecular flexibility index (Phi) is 4.57. The molecule has 4 nitrogen and oxygen atoms in total. The van der Waals surface area contributed by atoms with Crippen LogP contribution in [0.3, 0.4) is 0 Å². The molecular weight excluding hydrogens is 213 g/mol. The molecule has 0 heterocycles. The number of nitrogen functional groups attached to an aromatic ring is 1. The van der Waals surface area contributed by atoms with Gasteiger partial charge in [0.25, 0.3) is 0 Å². The van der Waals surface area contributed by atoms with Crippen molar-refractivity contribution in [3.05, 3.63) is 23.8 Å². The molecule has 0 saturated heterocycles. The van der Waals surface area contributed by atoms with Crippen LogP contribution in [0.5, 0.6) is 5.75 Å². The Bertz CT molecular complexity index is 368. The number of esters is 1. The van der Waals surface area contributed by atoms with Gasteiger partial charge in [0, 0.05) is 11.8 Å². The number of ether oxygens (including phenoxy) is 2. The summed E-state index contributed by atoms with van der Waals surface area (Å²) in [6, 6.07) is 4.58. The third-order valence-electron chi connectivity index (χ3n) is 1.79. The van der Waals surface area contributed by atoms with Crippen LogP contribution in [-0.2, 0) is 4.74 Å². The van der Waals surface area contributed by atoms with Crippen LogP contribution in [0.25, 0.3) is 0 Å². The van der Waals surface area contributed by atoms with E-state index in [-0.39, 0.29) is 12.2 Å². The van der Waals surface area contributed by atoms with E-state index in [1.165, 1.54) is 12.1 Å². The molecule has 1 rings (SSSR count). The van der Waals surface area contributed by atoms with Gasteiger partial charge in [0.1, 0.15) is 19.0 Å². The van der Waals surface area contributed by atoms with E-state index in [0.717, 1.165) is 0 Å². The zero-order valence-electron chi connectivity index (χ0n) is 9.03. The highest BCUT2D eigenvalue weighted by molar-refractivity contribution is 5.91. The lowest BCUT2D eigenvalue weighted by atomic mass is 10.2. The number of carbonyl (C=O) groups excluding carboxylic acids is 1. The van der Waals surface area contributed by atoms with Crippen LogP contribution in [0.4, 0.5) is 10.1 Å². The molecule has 1 aromatic rings. The second kappa shape index (κ2) is 5.95. The lowest BCUT2D eigenvalue weighted by Gasteiger charge is -2.07. The Hall–Kier alpha value is -1.78. The van der Waals surface area contributed by atoms with Gasteiger partial charge in [0.05, 0.1) is 12.2 Å². The lowest BCUT2D eigenvalue weighted by Crippen LogP contribution is -2.08. The highest BCUT2D eigenvalue weighted by Gasteiger charge is 2.09. The van der Waals surface area contributed by atoms with Crippen molar-refractivity contribution in [2.75, 3.05) is 25.6 Å². The second-order valence-corrected chi connectivity index (χ2v) is 3.05. The quantitative estimate of drug-likeness (QED) is 0.615. The smallest absolute Gasteiger partial charge is 0.338 e. The first kappa shape index (κ1) is 12.3. The fraction of sp³-hybridized carbons (Fsp3) is 0.364. The summed E-state index contributed by atoms with van der Waals surface area (Å²) in [7, 11) is 0. The molecule has 0 radical (unpaired) electrons. The van der Waals surface area contributed by atoms with Crippen LogP contribution >= 0.6 is 0 Å². The van der Waals surface area contributed by atoms with Crippen LogP contribution in [0, 0.1) is 0 Å². The summed E-state index contributed by atoms with van der Waals surface area (Å²) in [5.74, 6) is -0.111. The summed E-state index contributed by atoms with van der Waals surface area (Å²) >= 11 is 0. The Labute approximate surface area is 93.2 Å². The molecule has 0 amide bonds. The van der Waals surface area contributed by atoms with Gasteiger partial charge < -0.3 is 15.2 Å². The maximum atomic E-state index is 11.8. The number of halogens is 1. The fourth-order valence-electron chi connectivity index (χ4n) is 1.20. The average Bonchev–Trinajstić information content (AvgIpc) is 2.25. The minimum Gasteiger partial charge on any atom is -0.494 e. The molecule has 0 aliphatic rings. The molecule has 5 heteroatoms. The van der Waals surface area contributed by atoms with E-state index >= 15 is 0 Å². The summed E-state index contributed by atoms with van der Waals surface area (Å²) in [5, 5.41) is 0. The van der Waals surface area contributed by atoms with E-state index in [0.29, 0.717) is 18.0 Å². The summed E-state index contributed by atoms with van der Waals surface area (Å²) in [4.78, 5) is 11.4. The Morgan fingerprint density at radius 1 is 1.44 bits per heavy atom. The van der Waals surface area contributed by atoms with Crippen molar-refractivity contribution in [3.63, 3.8) is 0 Å². The predicted octanol–water partition coefficient (Wildman–Crippen LogP) is 1.79. The normalized spacial score (nSPS) is 9.88. The minimum absolute atomic E-state index is 0.252. The van der Waals surface area contributed by atoms with Crippen molar-refractivity contribution in [3.8, 4) is 5.75 Å². The van der Waals surface area contributed by atoms with Gasteiger partial charge >= 0.3 is 5.97 Å². The molecule has 1 aromatic carbocycles. The van der Waals surface area contributed by atoms with Crippen LogP contribution in [0.15, 0.2) is 18.2 Å². The first-order valence-electron chi connectivity index (χ1n) is 4.93. The van der Waals surface area contributed by atoms with Crippen molar-refractivity contribution in [1.82, 2.24) is 0 Å². The van der Waals surface area contributed by atoms with Crippen molar-refractivity contribution < 1.29 is 18.7 Å². The van der Waals surface area contributed by atoms with E-state index in [9.17, 15) is 9.18 Å². The first-order valence-corrected chi connectivity index (χ1v) is 4.93. The van der Waals surface area contributed by atoms with E-state index in [4.69, 9.17) is 10.5 Å². The molecule has 0 aromatic heterocycles. The van der Waals surface area contributed by atoms with Crippen LogP contribution in [-0.4, -0.2) is 25.9 Å². The Morgan fingerprint density at radius 2 is 2.19 bits per heavy atom. The lowest BCUT2D eigenvalue weighted by molar-refractivity contribution is 0.0481. The zero-order valence-corrected chi connectivity index (χ0v) is 9.03. The molecule has 0 spiro atoms. The van der Waals surface area contributed by atoms with Crippen molar-refractivity contribution >= 4 is 11.7 Å². The van der Waals surface area contributed by atoms with E-state index < -0.39 is 12.6 Å². The van der Waals surface area contributed by atoms with Gasteiger partial charge in [0.15, 0.2) is 0 Å². The third kappa shape index (κ3) is 3.42. The van der Waals surface area contributed by atoms with Crippen molar-refractivity contribution in [2.45, 2.75) is 6.92 Å². The number of benzene rings is 1. The summed E-state index contributed by atoms with van der Waals surface area (Å²) in [6.45, 7) is 1.34. The number of hydrogen-bond donors (Lipinski definition) is 1. The van der Waals surface area contributed by atoms with Gasteiger partial charge in [0.2, 0.25) is 0 Å². The minimum atomic E-state index is -0.702. The van der Waals surface area contributed by atoms with Crippen molar-refractivity contribution in [1.29, 1.82) is 0 Å². The van der Waals surface area contributed by atoms with Gasteiger partial charge in [-0.2, -0.15) is 0 Å². The molecule has 16 heavy (non-hydrogen) atoms. The number of rotatable bonds is 5. The van der Waals surface area contributed by atoms with Gasteiger partial charge in [-0.3, -0.25) is 0 Å². The van der Waals surface area contributed by atoms with E-state index in [1.807, 2.05) is 6.92 Å². The first-order chi connectivity index (χ1) is 7.67. The second-order valence-electron chi connectivity index (χ2n) is 3.05. The van der Waals surface area contributed by atoms with Gasteiger partial charge in [-0.25, -0.2) is 9.18 Å². The maximum Gasteiger partial charge on any atom is 0.338 e. The van der Waals surface area contributed by atoms with Gasteiger partial charge in [-0.15, -0.1) is 0 Å². The van der Waals surface area contributed by atoms with Gasteiger partial charge in [-0.05, 0) is 19.1 Å². The molecule has 0 fully saturated rings. The summed E-state index contributed by atoms with van der Waals surface area (Å²) < 4.78 is 21.7. The fourth-order valence-corrected chi connectivity index (χ4v) is 1.20. The standard InChI is InChI=1S/C11H14FNO3/c1-2-15-10-6-8(5-9(13)7-10)11(14)16-4-3-12/h5-7H,2-4,13H2,1H3. The molecule has 0 aliphatic heterocycles. The largest absolute Gasteiger partial charge is 0.494 e. The molecular formula is C11H14FNO3. The molecule has 2 N–H and O–H groups in total. The maximum absolute atomic E-state index is 11.8. The molecule has 0 saturated carbocycles. The van der Waals surface area contributed by atoms with E-state index in [1.54, 1.807) is 6.07 Å². The number of alkyl halides is 1. The Balaban J connectivity index is 2.82. The number of carbonyl (C=O) groups is 1. The van der Waals surface area contributed by atoms with Crippen LogP contribution in [0.2, 0.25) is 0 Å². The molecule has 0 unspecified atom stereocenters. The highest BCUT2D eigenvalue weighted by Crippen LogP contribution is 2.19. The van der Waals surface area contributed by atoms with Crippen LogP contribution in [0.1, 0.15) is 17.3 Å². The molecule has 0 aliphatic carbocycles. The topological polar surface area (TPSA) is 61.5 Å². The van der Waals surface area contributed by atoms with E-state index in [2.05, 4.69) is 4.74 Å². The number of nitrogens with two attached hydrogens (primary N) is 1. The van der Waals surface area contributed by atoms with Crippen LogP contribution < -0.4 is 10.5 Å². The summed E-state index contributed by atoms with van der Waals surface area (Å²) in [5.41, 5.74) is 6.26. The SMILES string of the molecule is CCOc1cc(N)cc(C(=O)OCCF)c1. The zero-order chi connectivity index (χ0) is 12.0. The van der Waals surface area contributed by atoms with Gasteiger partial charge in [-0.1, -0.05) is 0 Å². The third-order valence-corrected chi connectivity index (χ3v) is 1.79. The monoisotopic (exact) mass is 227 g/mol. The average molecular weight is 227 g/mol. The molecule has 0 atom stereocenters. The number of hydrogen-bond acceptors (Lipinski definition) is 4. The molecule has 88 valence electrons. The Morgan fingerprint density at radius 3 is 2.81 bits per heavy atom. The predicted molar refractivity (Wildman–Crippen MR) is 58.3 cm³/mol. The molecule has 0 bridgehead atoms. The summed E-state index contributed by atoms with van der Waals surface area (Å²) in [6.07, 6.45) is 0. The number of anilines is 1. The van der Waals surface area contributed by atoms with Crippen molar-refractivity contribution in [2.24, 2.45) is 0 Å².